The van der Waals surface area contributed by atoms with Crippen molar-refractivity contribution in [1.29, 1.82) is 0 Å². The van der Waals surface area contributed by atoms with Crippen molar-refractivity contribution in [2.75, 3.05) is 13.1 Å². The van der Waals surface area contributed by atoms with Gasteiger partial charge in [0.25, 0.3) is 5.91 Å². The van der Waals surface area contributed by atoms with Crippen molar-refractivity contribution in [1.82, 2.24) is 14.9 Å². The van der Waals surface area contributed by atoms with Gasteiger partial charge in [-0.05, 0) is 31.0 Å². The number of hydrogen-bond donors (Lipinski definition) is 2. The first-order chi connectivity index (χ1) is 11.5. The van der Waals surface area contributed by atoms with Crippen molar-refractivity contribution in [3.05, 3.63) is 29.8 Å². The summed E-state index contributed by atoms with van der Waals surface area (Å²) in [6.45, 7) is -0.182. The lowest BCUT2D eigenvalue weighted by atomic mass is 9.89. The first-order valence-electron chi connectivity index (χ1n) is 7.36. The minimum Gasteiger partial charge on any atom is -0.323 e. The number of urea groups is 1. The molecule has 0 saturated carbocycles. The van der Waals surface area contributed by atoms with Crippen LogP contribution in [0, 0.1) is 0 Å². The maximum atomic E-state index is 12.8. The highest BCUT2D eigenvalue weighted by atomic mass is 32.2. The van der Waals surface area contributed by atoms with Crippen molar-refractivity contribution in [3.8, 4) is 0 Å². The van der Waals surface area contributed by atoms with E-state index in [0.717, 1.165) is 22.5 Å². The summed E-state index contributed by atoms with van der Waals surface area (Å²) in [4.78, 5) is 22.7. The summed E-state index contributed by atoms with van der Waals surface area (Å²) < 4.78 is 64.5. The molecule has 136 valence electrons. The van der Waals surface area contributed by atoms with Crippen LogP contribution in [0.15, 0.2) is 29.2 Å². The molecule has 2 aliphatic heterocycles. The minimum absolute atomic E-state index is 0.0444. The number of nitrogens with zero attached hydrogens (tertiary/aromatic N) is 1. The van der Waals surface area contributed by atoms with Crippen molar-refractivity contribution in [3.63, 3.8) is 0 Å². The Morgan fingerprint density at radius 1 is 1.12 bits per heavy atom. The number of alkyl halides is 3. The molecule has 0 bridgehead atoms. The van der Waals surface area contributed by atoms with E-state index < -0.39 is 44.1 Å². The standard InChI is InChI=1S/C14H14F3N3O4S/c15-14(16,17)9-2-1-3-10(8-9)25(23,24)20-6-4-13(5-7-20)11(21)18-12(22)19-13/h1-3,8H,4-7H2,(H2,18,19,21,22). The monoisotopic (exact) mass is 377 g/mol. The first-order valence-corrected chi connectivity index (χ1v) is 8.80. The van der Waals surface area contributed by atoms with Gasteiger partial charge in [-0.25, -0.2) is 13.2 Å². The Hall–Kier alpha value is -2.14. The zero-order valence-electron chi connectivity index (χ0n) is 12.8. The number of carbonyl (C=O) groups is 2. The van der Waals surface area contributed by atoms with Gasteiger partial charge in [0.05, 0.1) is 10.5 Å². The molecule has 7 nitrogen and oxygen atoms in total. The van der Waals surface area contributed by atoms with E-state index in [1.54, 1.807) is 0 Å². The summed E-state index contributed by atoms with van der Waals surface area (Å²) in [5.74, 6) is -0.520. The Kier molecular flexibility index (Phi) is 4.03. The van der Waals surface area contributed by atoms with Gasteiger partial charge in [0.1, 0.15) is 5.54 Å². The van der Waals surface area contributed by atoms with Crippen molar-refractivity contribution in [2.24, 2.45) is 0 Å². The highest BCUT2D eigenvalue weighted by Gasteiger charge is 2.49. The number of piperidine rings is 1. The van der Waals surface area contributed by atoms with Gasteiger partial charge in [-0.1, -0.05) is 6.07 Å². The Morgan fingerprint density at radius 3 is 2.28 bits per heavy atom. The molecule has 2 fully saturated rings. The summed E-state index contributed by atoms with van der Waals surface area (Å²) in [6, 6.07) is 2.87. The quantitative estimate of drug-likeness (QED) is 0.754. The van der Waals surface area contributed by atoms with Gasteiger partial charge in [-0.15, -0.1) is 0 Å². The predicted molar refractivity (Wildman–Crippen MR) is 78.8 cm³/mol. The molecule has 1 aromatic rings. The number of imide groups is 1. The van der Waals surface area contributed by atoms with Gasteiger partial charge in [0.2, 0.25) is 10.0 Å². The molecule has 0 aliphatic carbocycles. The van der Waals surface area contributed by atoms with Crippen molar-refractivity contribution in [2.45, 2.75) is 29.5 Å². The third kappa shape index (κ3) is 3.09. The van der Waals surface area contributed by atoms with Crippen LogP contribution in [-0.2, 0) is 21.0 Å². The molecule has 1 aromatic carbocycles. The average molecular weight is 377 g/mol. The number of sulfonamides is 1. The van der Waals surface area contributed by atoms with E-state index in [9.17, 15) is 31.2 Å². The van der Waals surface area contributed by atoms with Gasteiger partial charge in [0, 0.05) is 13.1 Å². The fourth-order valence-corrected chi connectivity index (χ4v) is 4.46. The van der Waals surface area contributed by atoms with Crippen LogP contribution in [0.4, 0.5) is 18.0 Å². The number of nitrogens with one attached hydrogen (secondary N) is 2. The van der Waals surface area contributed by atoms with Gasteiger partial charge in [0.15, 0.2) is 0 Å². The van der Waals surface area contributed by atoms with Crippen LogP contribution in [0.3, 0.4) is 0 Å². The van der Waals surface area contributed by atoms with Gasteiger partial charge >= 0.3 is 12.2 Å². The zero-order chi connectivity index (χ0) is 18.5. The molecule has 11 heteroatoms. The lowest BCUT2D eigenvalue weighted by Gasteiger charge is -2.36. The van der Waals surface area contributed by atoms with Crippen LogP contribution in [-0.4, -0.2) is 43.3 Å². The fraction of sp³-hybridized carbons (Fsp3) is 0.429. The number of benzene rings is 1. The molecule has 25 heavy (non-hydrogen) atoms. The lowest BCUT2D eigenvalue weighted by Crippen LogP contribution is -2.55. The molecule has 2 N–H and O–H groups in total. The molecule has 2 aliphatic rings. The van der Waals surface area contributed by atoms with Gasteiger partial charge < -0.3 is 5.32 Å². The Balaban J connectivity index is 1.81. The summed E-state index contributed by atoms with van der Waals surface area (Å²) in [6.07, 6.45) is -4.56. The molecule has 3 amide bonds. The van der Waals surface area contributed by atoms with Gasteiger partial charge in [-0.2, -0.15) is 17.5 Å². The van der Waals surface area contributed by atoms with E-state index in [0.29, 0.717) is 6.07 Å². The van der Waals surface area contributed by atoms with Crippen LogP contribution in [0.1, 0.15) is 18.4 Å². The normalized spacial score (nSPS) is 21.2. The minimum atomic E-state index is -4.65. The van der Waals surface area contributed by atoms with Crippen LogP contribution in [0.25, 0.3) is 0 Å². The maximum Gasteiger partial charge on any atom is 0.416 e. The van der Waals surface area contributed by atoms with Crippen molar-refractivity contribution < 1.29 is 31.2 Å². The third-order valence-corrected chi connectivity index (χ3v) is 6.28. The summed E-state index contributed by atoms with van der Waals surface area (Å²) >= 11 is 0. The molecule has 0 unspecified atom stereocenters. The Bertz CT molecular complexity index is 830. The summed E-state index contributed by atoms with van der Waals surface area (Å²) in [7, 11) is -4.13. The maximum absolute atomic E-state index is 12.8. The van der Waals surface area contributed by atoms with Crippen LogP contribution in [0.2, 0.25) is 0 Å². The zero-order valence-corrected chi connectivity index (χ0v) is 13.6. The Labute approximate surface area is 141 Å². The lowest BCUT2D eigenvalue weighted by molar-refractivity contribution is -0.137. The van der Waals surface area contributed by atoms with Crippen LogP contribution < -0.4 is 10.6 Å². The Morgan fingerprint density at radius 2 is 1.76 bits per heavy atom. The number of rotatable bonds is 2. The van der Waals surface area contributed by atoms with Crippen molar-refractivity contribution >= 4 is 22.0 Å². The molecule has 0 radical (unpaired) electrons. The second kappa shape index (κ2) is 5.70. The number of carbonyl (C=O) groups excluding carboxylic acids is 2. The highest BCUT2D eigenvalue weighted by molar-refractivity contribution is 7.89. The number of hydrogen-bond acceptors (Lipinski definition) is 4. The molecular formula is C14H14F3N3O4S. The molecule has 2 heterocycles. The van der Waals surface area contributed by atoms with E-state index in [2.05, 4.69) is 10.6 Å². The molecule has 2 saturated heterocycles. The molecule has 0 atom stereocenters. The topological polar surface area (TPSA) is 95.6 Å². The smallest absolute Gasteiger partial charge is 0.323 e. The largest absolute Gasteiger partial charge is 0.416 e. The van der Waals surface area contributed by atoms with E-state index in [-0.39, 0.29) is 25.9 Å². The van der Waals surface area contributed by atoms with E-state index in [4.69, 9.17) is 0 Å². The highest BCUT2D eigenvalue weighted by Crippen LogP contribution is 2.33. The number of halogens is 3. The van der Waals surface area contributed by atoms with E-state index >= 15 is 0 Å². The molecule has 0 aromatic heterocycles. The second-order valence-electron chi connectivity index (χ2n) is 5.92. The summed E-state index contributed by atoms with van der Waals surface area (Å²) in [5.41, 5.74) is -2.21. The second-order valence-corrected chi connectivity index (χ2v) is 7.86. The van der Waals surface area contributed by atoms with Crippen LogP contribution >= 0.6 is 0 Å². The predicted octanol–water partition coefficient (Wildman–Crippen LogP) is 1.07. The third-order valence-electron chi connectivity index (χ3n) is 4.39. The molecule has 1 spiro atoms. The van der Waals surface area contributed by atoms with Gasteiger partial charge in [-0.3, -0.25) is 10.1 Å². The average Bonchev–Trinajstić information content (AvgIpc) is 2.80. The number of amides is 3. The van der Waals surface area contributed by atoms with E-state index in [1.165, 1.54) is 0 Å². The SMILES string of the molecule is O=C1NC(=O)C2(CCN(S(=O)(=O)c3cccc(C(F)(F)F)c3)CC2)N1. The van der Waals surface area contributed by atoms with E-state index in [1.807, 2.05) is 0 Å². The fourth-order valence-electron chi connectivity index (χ4n) is 2.97. The van der Waals surface area contributed by atoms with Crippen LogP contribution in [0.5, 0.6) is 0 Å². The molecule has 3 rings (SSSR count). The first kappa shape index (κ1) is 17.7. The molecular weight excluding hydrogens is 363 g/mol. The summed E-state index contributed by atoms with van der Waals surface area (Å²) in [5, 5.41) is 4.59.